The van der Waals surface area contributed by atoms with E-state index in [0.717, 1.165) is 28.8 Å². The van der Waals surface area contributed by atoms with Gasteiger partial charge in [-0.25, -0.2) is 4.98 Å². The van der Waals surface area contributed by atoms with E-state index in [-0.39, 0.29) is 11.7 Å². The Hall–Kier alpha value is -3.25. The van der Waals surface area contributed by atoms with Crippen LogP contribution in [0.15, 0.2) is 67.1 Å². The Morgan fingerprint density at radius 2 is 1.79 bits per heavy atom. The Balaban J connectivity index is 1.35. The van der Waals surface area contributed by atoms with E-state index in [1.54, 1.807) is 6.20 Å². The molecule has 1 saturated carbocycles. The number of imidazole rings is 1. The van der Waals surface area contributed by atoms with Crippen molar-refractivity contribution in [1.82, 2.24) is 14.3 Å². The van der Waals surface area contributed by atoms with E-state index in [1.165, 1.54) is 0 Å². The molecule has 0 unspecified atom stereocenters. The Labute approximate surface area is 194 Å². The molecule has 0 spiro atoms. The molecule has 1 aromatic carbocycles. The first-order chi connectivity index (χ1) is 15.9. The molecule has 0 atom stereocenters. The molecule has 2 heterocycles. The van der Waals surface area contributed by atoms with Gasteiger partial charge in [0.15, 0.2) is 5.78 Å². The smallest absolute Gasteiger partial charge is 0.253 e. The van der Waals surface area contributed by atoms with E-state index in [9.17, 15) is 14.7 Å². The highest BCUT2D eigenvalue weighted by atomic mass is 16.3. The van der Waals surface area contributed by atoms with E-state index in [4.69, 9.17) is 0 Å². The topological polar surface area (TPSA) is 74.9 Å². The van der Waals surface area contributed by atoms with E-state index in [0.29, 0.717) is 50.8 Å². The predicted octanol–water partition coefficient (Wildman–Crippen LogP) is 4.67. The minimum absolute atomic E-state index is 0.00429. The molecule has 1 fully saturated rings. The van der Waals surface area contributed by atoms with Gasteiger partial charge in [0.2, 0.25) is 0 Å². The average molecular weight is 446 g/mol. The summed E-state index contributed by atoms with van der Waals surface area (Å²) >= 11 is 0. The molecule has 172 valence electrons. The fourth-order valence-electron chi connectivity index (χ4n) is 4.00. The average Bonchev–Trinajstić information content (AvgIpc) is 3.41. The minimum atomic E-state index is -1.07. The zero-order valence-electron chi connectivity index (χ0n) is 19.2. The number of pyridine rings is 1. The van der Waals surface area contributed by atoms with Crippen molar-refractivity contribution in [3.05, 3.63) is 72.7 Å². The normalized spacial score (nSPS) is 14.2. The third kappa shape index (κ3) is 5.40. The summed E-state index contributed by atoms with van der Waals surface area (Å²) in [6.07, 6.45) is 9.27. The molecule has 0 aliphatic heterocycles. The third-order valence-electron chi connectivity index (χ3n) is 6.32. The zero-order valence-corrected chi connectivity index (χ0v) is 19.2. The highest BCUT2D eigenvalue weighted by Crippen LogP contribution is 2.37. The molecule has 6 nitrogen and oxygen atoms in total. The number of ketones is 1. The summed E-state index contributed by atoms with van der Waals surface area (Å²) in [5, 5.41) is 9.89. The maximum atomic E-state index is 13.1. The van der Waals surface area contributed by atoms with Gasteiger partial charge in [0.1, 0.15) is 11.2 Å². The van der Waals surface area contributed by atoms with E-state index >= 15 is 0 Å². The van der Waals surface area contributed by atoms with Gasteiger partial charge in [-0.15, -0.1) is 0 Å². The lowest BCUT2D eigenvalue weighted by molar-refractivity contribution is -0.129. The van der Waals surface area contributed by atoms with Gasteiger partial charge in [-0.1, -0.05) is 31.2 Å². The number of benzene rings is 1. The molecular formula is C27H31N3O3. The highest BCUT2D eigenvalue weighted by Gasteiger charge is 2.46. The predicted molar refractivity (Wildman–Crippen MR) is 129 cm³/mol. The molecule has 3 aromatic rings. The highest BCUT2D eigenvalue weighted by molar-refractivity contribution is 5.94. The first-order valence-corrected chi connectivity index (χ1v) is 11.6. The van der Waals surface area contributed by atoms with Crippen LogP contribution in [-0.4, -0.2) is 49.8 Å². The Bertz CT molecular complexity index is 1160. The van der Waals surface area contributed by atoms with Gasteiger partial charge in [0.05, 0.1) is 0 Å². The third-order valence-corrected chi connectivity index (χ3v) is 6.32. The summed E-state index contributed by atoms with van der Waals surface area (Å²) in [5.74, 6) is -0.0814. The fraction of sp³-hybridized carbons (Fsp3) is 0.370. The number of aliphatic hydroxyl groups is 1. The summed E-state index contributed by atoms with van der Waals surface area (Å²) in [5.41, 5.74) is 3.53. The van der Waals surface area contributed by atoms with Crippen LogP contribution in [0.2, 0.25) is 0 Å². The van der Waals surface area contributed by atoms with Gasteiger partial charge in [-0.2, -0.15) is 0 Å². The van der Waals surface area contributed by atoms with Gasteiger partial charge in [-0.3, -0.25) is 9.59 Å². The number of carbonyl (C=O) groups excluding carboxylic acids is 2. The number of nitrogens with zero attached hydrogens (tertiary/aromatic N) is 3. The maximum Gasteiger partial charge on any atom is 0.253 e. The number of fused-ring (bicyclic) bond motifs is 1. The number of hydrogen-bond donors (Lipinski definition) is 1. The number of aromatic nitrogens is 2. The molecular weight excluding hydrogens is 414 g/mol. The van der Waals surface area contributed by atoms with Crippen LogP contribution in [0.4, 0.5) is 0 Å². The Morgan fingerprint density at radius 1 is 1.06 bits per heavy atom. The second-order valence-electron chi connectivity index (χ2n) is 8.93. The van der Waals surface area contributed by atoms with Crippen molar-refractivity contribution in [2.75, 3.05) is 13.1 Å². The fourth-order valence-corrected chi connectivity index (χ4v) is 4.00. The quantitative estimate of drug-likeness (QED) is 0.435. The van der Waals surface area contributed by atoms with Crippen LogP contribution < -0.4 is 0 Å². The van der Waals surface area contributed by atoms with Gasteiger partial charge in [0, 0.05) is 43.7 Å². The molecule has 4 rings (SSSR count). The van der Waals surface area contributed by atoms with Gasteiger partial charge < -0.3 is 14.4 Å². The molecule has 1 amide bonds. The van der Waals surface area contributed by atoms with Crippen molar-refractivity contribution in [3.8, 4) is 11.1 Å². The zero-order chi connectivity index (χ0) is 23.4. The minimum Gasteiger partial charge on any atom is -0.382 e. The maximum absolute atomic E-state index is 13.1. The lowest BCUT2D eigenvalue weighted by Gasteiger charge is -2.23. The second kappa shape index (κ2) is 9.71. The number of carbonyl (C=O) groups is 2. The molecule has 6 heteroatoms. The van der Waals surface area contributed by atoms with E-state index in [2.05, 4.69) is 18.5 Å². The van der Waals surface area contributed by atoms with Crippen LogP contribution in [0, 0.1) is 0 Å². The van der Waals surface area contributed by atoms with Crippen LogP contribution in [0.3, 0.4) is 0 Å². The largest absolute Gasteiger partial charge is 0.382 e. The standard InChI is InChI=1S/C27H31N3O3/c1-3-16-29(17-12-20(2)4-10-24(31)27(33)13-14-27)26(32)22-7-5-21(6-8-22)23-9-11-25-28-15-18-30(25)19-23/h5-9,11,15,18-19,33H,2-4,10,12-14,16-17H2,1H3. The molecule has 0 radical (unpaired) electrons. The Kier molecular flexibility index (Phi) is 6.75. The van der Waals surface area contributed by atoms with Crippen molar-refractivity contribution in [3.63, 3.8) is 0 Å². The van der Waals surface area contributed by atoms with E-state index in [1.807, 2.05) is 58.1 Å². The van der Waals surface area contributed by atoms with Crippen LogP contribution in [0.5, 0.6) is 0 Å². The summed E-state index contributed by atoms with van der Waals surface area (Å²) in [4.78, 5) is 31.2. The number of amides is 1. The van der Waals surface area contributed by atoms with Crippen molar-refractivity contribution in [2.45, 2.75) is 51.0 Å². The lowest BCUT2D eigenvalue weighted by Crippen LogP contribution is -2.33. The molecule has 1 aliphatic carbocycles. The molecule has 0 bridgehead atoms. The molecule has 1 N–H and O–H groups in total. The van der Waals surface area contributed by atoms with Crippen LogP contribution in [0.1, 0.15) is 55.8 Å². The van der Waals surface area contributed by atoms with Gasteiger partial charge in [-0.05, 0) is 67.5 Å². The summed E-state index contributed by atoms with van der Waals surface area (Å²) < 4.78 is 1.98. The van der Waals surface area contributed by atoms with Crippen molar-refractivity contribution in [1.29, 1.82) is 0 Å². The first kappa shape index (κ1) is 22.9. The monoisotopic (exact) mass is 445 g/mol. The molecule has 1 aliphatic rings. The van der Waals surface area contributed by atoms with Crippen molar-refractivity contribution >= 4 is 17.3 Å². The second-order valence-corrected chi connectivity index (χ2v) is 8.93. The number of rotatable bonds is 11. The van der Waals surface area contributed by atoms with Gasteiger partial charge >= 0.3 is 0 Å². The van der Waals surface area contributed by atoms with Crippen molar-refractivity contribution < 1.29 is 14.7 Å². The van der Waals surface area contributed by atoms with Crippen LogP contribution in [0.25, 0.3) is 16.8 Å². The number of Topliss-reactive ketones (excluding diaryl/α,β-unsaturated/α-hetero) is 1. The SMILES string of the molecule is C=C(CCC(=O)C1(O)CC1)CCN(CCC)C(=O)c1ccc(-c2ccc3nccn3c2)cc1. The number of hydrogen-bond acceptors (Lipinski definition) is 4. The summed E-state index contributed by atoms with van der Waals surface area (Å²) in [6, 6.07) is 11.7. The summed E-state index contributed by atoms with van der Waals surface area (Å²) in [7, 11) is 0. The summed E-state index contributed by atoms with van der Waals surface area (Å²) in [6.45, 7) is 7.38. The Morgan fingerprint density at radius 3 is 2.48 bits per heavy atom. The molecule has 0 saturated heterocycles. The van der Waals surface area contributed by atoms with Crippen LogP contribution >= 0.6 is 0 Å². The van der Waals surface area contributed by atoms with E-state index < -0.39 is 5.60 Å². The molecule has 2 aromatic heterocycles. The molecule has 33 heavy (non-hydrogen) atoms. The first-order valence-electron chi connectivity index (χ1n) is 11.6. The van der Waals surface area contributed by atoms with Crippen LogP contribution in [-0.2, 0) is 4.79 Å². The lowest BCUT2D eigenvalue weighted by atomic mass is 10.0. The van der Waals surface area contributed by atoms with Crippen molar-refractivity contribution in [2.24, 2.45) is 0 Å². The van der Waals surface area contributed by atoms with Gasteiger partial charge in [0.25, 0.3) is 5.91 Å².